The Morgan fingerprint density at radius 3 is 3.08 bits per heavy atom. The molecule has 2 amide bonds. The van der Waals surface area contributed by atoms with Crippen molar-refractivity contribution in [3.63, 3.8) is 0 Å². The Balaban J connectivity index is 1.42. The van der Waals surface area contributed by atoms with Gasteiger partial charge < -0.3 is 5.32 Å². The van der Waals surface area contributed by atoms with Crippen LogP contribution in [0, 0.1) is 0 Å². The monoisotopic (exact) mass is 356 g/mol. The van der Waals surface area contributed by atoms with Crippen molar-refractivity contribution in [2.45, 2.75) is 19.4 Å². The van der Waals surface area contributed by atoms with Crippen LogP contribution in [0.3, 0.4) is 0 Å². The normalized spacial score (nSPS) is 19.3. The molecule has 3 N–H and O–H groups in total. The number of hydrogen-bond donors (Lipinski definition) is 3. The topological polar surface area (TPSA) is 118 Å². The summed E-state index contributed by atoms with van der Waals surface area (Å²) in [6.07, 6.45) is 0.899. The van der Waals surface area contributed by atoms with Gasteiger partial charge in [0.05, 0.1) is 6.54 Å². The number of carbonyl (C=O) groups is 2. The number of rotatable bonds is 4. The molecule has 1 atom stereocenters. The van der Waals surface area contributed by atoms with Crippen LogP contribution in [0.4, 0.5) is 0 Å². The number of aromatic nitrogens is 2. The fraction of sp³-hybridized carbons (Fsp3) is 0.250. The summed E-state index contributed by atoms with van der Waals surface area (Å²) in [5, 5.41) is 13.2. The molecule has 1 saturated heterocycles. The van der Waals surface area contributed by atoms with Crippen LogP contribution >= 0.6 is 0 Å². The van der Waals surface area contributed by atoms with Crippen LogP contribution in [0.1, 0.15) is 32.0 Å². The fourth-order valence-corrected chi connectivity index (χ4v) is 2.83. The molecule has 3 heterocycles. The highest BCUT2D eigenvalue weighted by atomic mass is 16.9. The van der Waals surface area contributed by atoms with Crippen molar-refractivity contribution in [3.8, 4) is 0 Å². The van der Waals surface area contributed by atoms with E-state index >= 15 is 0 Å². The number of carbonyl (C=O) groups excluding carboxylic acids is 2. The van der Waals surface area contributed by atoms with Gasteiger partial charge in [0, 0.05) is 18.3 Å². The van der Waals surface area contributed by atoms with Gasteiger partial charge in [0.15, 0.2) is 5.69 Å². The second-order valence-corrected chi connectivity index (χ2v) is 5.76. The van der Waals surface area contributed by atoms with E-state index in [1.807, 2.05) is 12.1 Å². The zero-order valence-corrected chi connectivity index (χ0v) is 13.6. The first-order chi connectivity index (χ1) is 12.7. The van der Waals surface area contributed by atoms with Crippen LogP contribution in [0.15, 0.2) is 36.5 Å². The molecule has 10 nitrogen and oxygen atoms in total. The Morgan fingerprint density at radius 1 is 1.38 bits per heavy atom. The number of fused-ring (bicyclic) bond motifs is 1. The van der Waals surface area contributed by atoms with E-state index in [-0.39, 0.29) is 24.2 Å². The maximum Gasteiger partial charge on any atom is 0.272 e. The van der Waals surface area contributed by atoms with Crippen molar-refractivity contribution < 1.29 is 19.3 Å². The molecule has 2 aliphatic heterocycles. The van der Waals surface area contributed by atoms with Gasteiger partial charge in [0.25, 0.3) is 11.8 Å². The molecule has 2 aromatic rings. The molecule has 1 aromatic carbocycles. The van der Waals surface area contributed by atoms with Crippen molar-refractivity contribution >= 4 is 11.8 Å². The molecule has 134 valence electrons. The minimum atomic E-state index is -0.608. The third kappa shape index (κ3) is 3.26. The lowest BCUT2D eigenvalue weighted by Gasteiger charge is -2.30. The maximum atomic E-state index is 12.5. The van der Waals surface area contributed by atoms with Gasteiger partial charge in [0.2, 0.25) is 6.35 Å². The fourth-order valence-electron chi connectivity index (χ4n) is 2.83. The Hall–Kier alpha value is -2.92. The van der Waals surface area contributed by atoms with Crippen LogP contribution in [-0.2, 0) is 22.8 Å². The zero-order chi connectivity index (χ0) is 17.9. The molecule has 4 rings (SSSR count). The van der Waals surface area contributed by atoms with Crippen LogP contribution in [0.5, 0.6) is 0 Å². The third-order valence-electron chi connectivity index (χ3n) is 4.09. The number of hydrogen-bond acceptors (Lipinski definition) is 8. The second-order valence-electron chi connectivity index (χ2n) is 5.76. The largest absolute Gasteiger partial charge is 0.347 e. The van der Waals surface area contributed by atoms with Crippen molar-refractivity contribution in [2.75, 3.05) is 6.73 Å². The van der Waals surface area contributed by atoms with E-state index in [0.717, 1.165) is 11.1 Å². The van der Waals surface area contributed by atoms with E-state index in [4.69, 9.17) is 9.68 Å². The minimum absolute atomic E-state index is 0.128. The summed E-state index contributed by atoms with van der Waals surface area (Å²) in [4.78, 5) is 36.1. The van der Waals surface area contributed by atoms with Crippen molar-refractivity contribution in [1.29, 1.82) is 0 Å². The van der Waals surface area contributed by atoms with Crippen molar-refractivity contribution in [3.05, 3.63) is 58.9 Å². The summed E-state index contributed by atoms with van der Waals surface area (Å²) in [6.45, 7) is 0.953. The van der Waals surface area contributed by atoms with Gasteiger partial charge in [0.1, 0.15) is 6.73 Å². The molecule has 1 aromatic heterocycles. The predicted molar refractivity (Wildman–Crippen MR) is 86.6 cm³/mol. The number of nitrogens with one attached hydrogen (secondary N) is 3. The highest BCUT2D eigenvalue weighted by Crippen LogP contribution is 2.25. The van der Waals surface area contributed by atoms with Gasteiger partial charge in [-0.05, 0) is 29.3 Å². The molecule has 0 spiro atoms. The summed E-state index contributed by atoms with van der Waals surface area (Å²) < 4.78 is 0. The quantitative estimate of drug-likeness (QED) is 0.681. The Kier molecular flexibility index (Phi) is 4.54. The van der Waals surface area contributed by atoms with Crippen molar-refractivity contribution in [2.24, 2.45) is 0 Å². The molecule has 1 unspecified atom stereocenters. The lowest BCUT2D eigenvalue weighted by atomic mass is 10.1. The second kappa shape index (κ2) is 7.14. The van der Waals surface area contributed by atoms with E-state index in [0.29, 0.717) is 18.7 Å². The van der Waals surface area contributed by atoms with E-state index in [9.17, 15) is 9.59 Å². The van der Waals surface area contributed by atoms with Gasteiger partial charge in [-0.1, -0.05) is 17.8 Å². The summed E-state index contributed by atoms with van der Waals surface area (Å²) in [7, 11) is 0. The van der Waals surface area contributed by atoms with Gasteiger partial charge in [-0.25, -0.2) is 10.2 Å². The third-order valence-corrected chi connectivity index (χ3v) is 4.09. The SMILES string of the molecule is O=C(NCc1ccc2c(c1)CN(C1NCONO1)C2=O)c1cccnn1. The first-order valence-corrected chi connectivity index (χ1v) is 7.97. The molecule has 0 aliphatic carbocycles. The van der Waals surface area contributed by atoms with Crippen LogP contribution in [0.25, 0.3) is 0 Å². The molecule has 0 radical (unpaired) electrons. The predicted octanol–water partition coefficient (Wildman–Crippen LogP) is -0.340. The van der Waals surface area contributed by atoms with E-state index < -0.39 is 6.35 Å². The molecular weight excluding hydrogens is 340 g/mol. The maximum absolute atomic E-state index is 12.5. The van der Waals surface area contributed by atoms with Gasteiger partial charge in [-0.15, -0.1) is 5.10 Å². The average Bonchev–Trinajstić information content (AvgIpc) is 3.03. The summed E-state index contributed by atoms with van der Waals surface area (Å²) in [5.41, 5.74) is 4.93. The number of nitrogens with zero attached hydrogens (tertiary/aromatic N) is 3. The average molecular weight is 356 g/mol. The first-order valence-electron chi connectivity index (χ1n) is 7.97. The smallest absolute Gasteiger partial charge is 0.272 e. The highest BCUT2D eigenvalue weighted by Gasteiger charge is 2.34. The summed E-state index contributed by atoms with van der Waals surface area (Å²) >= 11 is 0. The lowest BCUT2D eigenvalue weighted by molar-refractivity contribution is -0.281. The van der Waals surface area contributed by atoms with Crippen LogP contribution < -0.4 is 16.3 Å². The van der Waals surface area contributed by atoms with Gasteiger partial charge in [-0.2, -0.15) is 5.10 Å². The molecule has 0 saturated carbocycles. The van der Waals surface area contributed by atoms with Gasteiger partial charge in [-0.3, -0.25) is 19.3 Å². The molecule has 1 fully saturated rings. The van der Waals surface area contributed by atoms with E-state index in [1.54, 1.807) is 23.1 Å². The summed E-state index contributed by atoms with van der Waals surface area (Å²) in [6, 6.07) is 8.72. The Morgan fingerprint density at radius 2 is 2.31 bits per heavy atom. The standard InChI is InChI=1S/C16H16N6O4/c23-14(13-2-1-5-19-20-13)17-7-10-3-4-12-11(6-10)8-22(15(12)24)16-18-9-25-21-26-16/h1-6,16,18,21H,7-9H2,(H,17,23). The Labute approximate surface area is 148 Å². The van der Waals surface area contributed by atoms with Crippen molar-refractivity contribution in [1.82, 2.24) is 31.4 Å². The van der Waals surface area contributed by atoms with Gasteiger partial charge >= 0.3 is 0 Å². The highest BCUT2D eigenvalue weighted by molar-refractivity contribution is 5.98. The lowest BCUT2D eigenvalue weighted by Crippen LogP contribution is -2.54. The van der Waals surface area contributed by atoms with E-state index in [2.05, 4.69) is 26.5 Å². The minimum Gasteiger partial charge on any atom is -0.347 e. The van der Waals surface area contributed by atoms with Crippen LogP contribution in [0.2, 0.25) is 0 Å². The molecule has 2 aliphatic rings. The number of amides is 2. The molecule has 26 heavy (non-hydrogen) atoms. The molecular formula is C16H16N6O4. The van der Waals surface area contributed by atoms with Crippen LogP contribution in [-0.4, -0.2) is 40.0 Å². The first kappa shape index (κ1) is 16.5. The molecule has 10 heteroatoms. The number of benzene rings is 1. The Bertz CT molecular complexity index is 825. The summed E-state index contributed by atoms with van der Waals surface area (Å²) in [5.74, 6) is -0.432. The zero-order valence-electron chi connectivity index (χ0n) is 13.6. The van der Waals surface area contributed by atoms with E-state index in [1.165, 1.54) is 6.20 Å². The molecule has 0 bridgehead atoms.